The van der Waals surface area contributed by atoms with Crippen LogP contribution in [-0.2, 0) is 6.61 Å². The molecule has 20 heavy (non-hydrogen) atoms. The van der Waals surface area contributed by atoms with Gasteiger partial charge in [-0.25, -0.2) is 4.39 Å². The molecule has 0 amide bonds. The van der Waals surface area contributed by atoms with E-state index in [-0.39, 0.29) is 18.5 Å². The molecular weight excluding hydrogens is 300 g/mol. The molecule has 106 valence electrons. The molecule has 2 nitrogen and oxygen atoms in total. The van der Waals surface area contributed by atoms with Gasteiger partial charge >= 0.3 is 0 Å². The highest BCUT2D eigenvalue weighted by atomic mass is 35.5. The van der Waals surface area contributed by atoms with Crippen molar-refractivity contribution < 1.29 is 9.13 Å². The Labute approximate surface area is 127 Å². The fourth-order valence-corrected chi connectivity index (χ4v) is 2.14. The van der Waals surface area contributed by atoms with Gasteiger partial charge in [0.15, 0.2) is 0 Å². The van der Waals surface area contributed by atoms with Crippen LogP contribution in [0.1, 0.15) is 24.1 Å². The maximum absolute atomic E-state index is 13.1. The predicted molar refractivity (Wildman–Crippen MR) is 79.8 cm³/mol. The highest BCUT2D eigenvalue weighted by molar-refractivity contribution is 6.32. The number of nitrogens with two attached hydrogens (primary N) is 1. The summed E-state index contributed by atoms with van der Waals surface area (Å²) in [5.74, 6) is 0.155. The van der Waals surface area contributed by atoms with E-state index in [2.05, 4.69) is 0 Å². The molecule has 2 aromatic carbocycles. The van der Waals surface area contributed by atoms with Gasteiger partial charge < -0.3 is 10.5 Å². The Morgan fingerprint density at radius 1 is 1.15 bits per heavy atom. The van der Waals surface area contributed by atoms with Crippen molar-refractivity contribution in [1.29, 1.82) is 0 Å². The molecule has 0 aromatic heterocycles. The van der Waals surface area contributed by atoms with Gasteiger partial charge in [-0.05, 0) is 42.8 Å². The molecule has 0 unspecified atom stereocenters. The SMILES string of the molecule is C[C@@H](N)c1ccc(OCc2cc(F)ccc2Cl)c(Cl)c1. The van der Waals surface area contributed by atoms with Gasteiger partial charge in [-0.2, -0.15) is 0 Å². The van der Waals surface area contributed by atoms with Crippen LogP contribution in [0.15, 0.2) is 36.4 Å². The summed E-state index contributed by atoms with van der Waals surface area (Å²) in [4.78, 5) is 0. The lowest BCUT2D eigenvalue weighted by Gasteiger charge is -2.12. The summed E-state index contributed by atoms with van der Waals surface area (Å²) >= 11 is 12.1. The number of halogens is 3. The third-order valence-electron chi connectivity index (χ3n) is 2.87. The predicted octanol–water partition coefficient (Wildman–Crippen LogP) is 4.73. The molecule has 1 atom stereocenters. The second-order valence-electron chi connectivity index (χ2n) is 4.50. The van der Waals surface area contributed by atoms with Crippen molar-refractivity contribution in [1.82, 2.24) is 0 Å². The Morgan fingerprint density at radius 2 is 1.90 bits per heavy atom. The molecule has 2 N–H and O–H groups in total. The number of ether oxygens (including phenoxy) is 1. The van der Waals surface area contributed by atoms with Gasteiger partial charge in [-0.1, -0.05) is 29.3 Å². The number of rotatable bonds is 4. The summed E-state index contributed by atoms with van der Waals surface area (Å²) in [6, 6.07) is 9.39. The van der Waals surface area contributed by atoms with Crippen molar-refractivity contribution in [2.75, 3.05) is 0 Å². The average Bonchev–Trinajstić information content (AvgIpc) is 2.40. The topological polar surface area (TPSA) is 35.2 Å². The van der Waals surface area contributed by atoms with E-state index < -0.39 is 0 Å². The van der Waals surface area contributed by atoms with Crippen LogP contribution in [0.4, 0.5) is 4.39 Å². The summed E-state index contributed by atoms with van der Waals surface area (Å²) in [7, 11) is 0. The first kappa shape index (κ1) is 15.1. The van der Waals surface area contributed by atoms with Gasteiger partial charge in [0, 0.05) is 16.6 Å². The van der Waals surface area contributed by atoms with Crippen molar-refractivity contribution in [2.24, 2.45) is 5.73 Å². The minimum absolute atomic E-state index is 0.0980. The van der Waals surface area contributed by atoms with Crippen LogP contribution in [0, 0.1) is 5.82 Å². The fourth-order valence-electron chi connectivity index (χ4n) is 1.73. The second kappa shape index (κ2) is 6.44. The Morgan fingerprint density at radius 3 is 2.55 bits per heavy atom. The van der Waals surface area contributed by atoms with E-state index in [4.69, 9.17) is 33.7 Å². The third kappa shape index (κ3) is 3.63. The van der Waals surface area contributed by atoms with Crippen molar-refractivity contribution >= 4 is 23.2 Å². The van der Waals surface area contributed by atoms with E-state index in [0.29, 0.717) is 21.4 Å². The molecule has 0 saturated carbocycles. The number of benzene rings is 2. The zero-order valence-electron chi connectivity index (χ0n) is 10.9. The molecule has 0 aliphatic rings. The van der Waals surface area contributed by atoms with Crippen LogP contribution in [0.5, 0.6) is 5.75 Å². The van der Waals surface area contributed by atoms with Crippen LogP contribution in [0.2, 0.25) is 10.0 Å². The Kier molecular flexibility index (Phi) is 4.86. The fraction of sp³-hybridized carbons (Fsp3) is 0.200. The molecular formula is C15H14Cl2FNO. The summed E-state index contributed by atoms with van der Waals surface area (Å²) in [6.07, 6.45) is 0. The van der Waals surface area contributed by atoms with E-state index >= 15 is 0 Å². The molecule has 0 radical (unpaired) electrons. The normalized spacial score (nSPS) is 12.2. The first-order valence-electron chi connectivity index (χ1n) is 6.09. The molecule has 5 heteroatoms. The van der Waals surface area contributed by atoms with Gasteiger partial charge in [0.05, 0.1) is 5.02 Å². The lowest BCUT2D eigenvalue weighted by Crippen LogP contribution is -2.05. The first-order valence-corrected chi connectivity index (χ1v) is 6.84. The largest absolute Gasteiger partial charge is 0.487 e. The van der Waals surface area contributed by atoms with E-state index in [0.717, 1.165) is 5.56 Å². The molecule has 0 fully saturated rings. The molecule has 0 bridgehead atoms. The molecule has 0 aliphatic heterocycles. The van der Waals surface area contributed by atoms with Crippen LogP contribution in [0.3, 0.4) is 0 Å². The smallest absolute Gasteiger partial charge is 0.138 e. The van der Waals surface area contributed by atoms with Gasteiger partial charge in [0.2, 0.25) is 0 Å². The van der Waals surface area contributed by atoms with Crippen LogP contribution in [0.25, 0.3) is 0 Å². The van der Waals surface area contributed by atoms with Gasteiger partial charge in [-0.3, -0.25) is 0 Å². The van der Waals surface area contributed by atoms with Crippen LogP contribution < -0.4 is 10.5 Å². The van der Waals surface area contributed by atoms with E-state index in [9.17, 15) is 4.39 Å². The second-order valence-corrected chi connectivity index (χ2v) is 5.32. The molecule has 2 rings (SSSR count). The highest BCUT2D eigenvalue weighted by Crippen LogP contribution is 2.29. The van der Waals surface area contributed by atoms with Crippen molar-refractivity contribution in [3.8, 4) is 5.75 Å². The van der Waals surface area contributed by atoms with E-state index in [1.807, 2.05) is 13.0 Å². The van der Waals surface area contributed by atoms with Crippen molar-refractivity contribution in [3.05, 3.63) is 63.4 Å². The first-order chi connectivity index (χ1) is 9.47. The third-order valence-corrected chi connectivity index (χ3v) is 3.54. The minimum atomic E-state index is -0.355. The summed E-state index contributed by atoms with van der Waals surface area (Å²) in [5, 5.41) is 0.919. The standard InChI is InChI=1S/C15H14Cl2FNO/c1-9(19)10-2-5-15(14(17)7-10)20-8-11-6-12(18)3-4-13(11)16/h2-7,9H,8,19H2,1H3/t9-/m1/s1. The monoisotopic (exact) mass is 313 g/mol. The zero-order chi connectivity index (χ0) is 14.7. The summed E-state index contributed by atoms with van der Waals surface area (Å²) in [5.41, 5.74) is 7.27. The van der Waals surface area contributed by atoms with Gasteiger partial charge in [0.25, 0.3) is 0 Å². The molecule has 2 aromatic rings. The van der Waals surface area contributed by atoms with E-state index in [1.165, 1.54) is 18.2 Å². The minimum Gasteiger partial charge on any atom is -0.487 e. The zero-order valence-corrected chi connectivity index (χ0v) is 12.4. The maximum atomic E-state index is 13.1. The Bertz CT molecular complexity index is 617. The van der Waals surface area contributed by atoms with Gasteiger partial charge in [-0.15, -0.1) is 0 Å². The Hall–Kier alpha value is -1.29. The average molecular weight is 314 g/mol. The molecule has 0 heterocycles. The Balaban J connectivity index is 2.13. The van der Waals surface area contributed by atoms with Crippen LogP contribution in [-0.4, -0.2) is 0 Å². The van der Waals surface area contributed by atoms with Crippen molar-refractivity contribution in [2.45, 2.75) is 19.6 Å². The number of hydrogen-bond acceptors (Lipinski definition) is 2. The maximum Gasteiger partial charge on any atom is 0.138 e. The number of hydrogen-bond donors (Lipinski definition) is 1. The van der Waals surface area contributed by atoms with Gasteiger partial charge in [0.1, 0.15) is 18.2 Å². The van der Waals surface area contributed by atoms with Crippen molar-refractivity contribution in [3.63, 3.8) is 0 Å². The molecule has 0 spiro atoms. The highest BCUT2D eigenvalue weighted by Gasteiger charge is 2.08. The summed E-state index contributed by atoms with van der Waals surface area (Å²) < 4.78 is 18.7. The quantitative estimate of drug-likeness (QED) is 0.885. The lowest BCUT2D eigenvalue weighted by atomic mass is 10.1. The lowest BCUT2D eigenvalue weighted by molar-refractivity contribution is 0.305. The summed E-state index contributed by atoms with van der Waals surface area (Å²) in [6.45, 7) is 2.02. The molecule has 0 aliphatic carbocycles. The molecule has 0 saturated heterocycles. The van der Waals surface area contributed by atoms with E-state index in [1.54, 1.807) is 12.1 Å². The van der Waals surface area contributed by atoms with Crippen LogP contribution >= 0.6 is 23.2 Å².